The van der Waals surface area contributed by atoms with Crippen molar-refractivity contribution in [1.82, 2.24) is 14.8 Å². The predicted octanol–water partition coefficient (Wildman–Crippen LogP) is 1.47. The van der Waals surface area contributed by atoms with E-state index in [-0.39, 0.29) is 6.04 Å². The van der Waals surface area contributed by atoms with Crippen LogP contribution in [0, 0.1) is 0 Å². The van der Waals surface area contributed by atoms with Gasteiger partial charge in [-0.25, -0.2) is 4.68 Å². The average molecular weight is 188 g/mol. The van der Waals surface area contributed by atoms with E-state index in [9.17, 15) is 0 Å². The zero-order valence-electron chi connectivity index (χ0n) is 7.96. The lowest BCUT2D eigenvalue weighted by molar-refractivity contribution is 0.571. The number of anilines is 1. The molecule has 0 radical (unpaired) electrons. The maximum Gasteiger partial charge on any atom is 0.122 e. The molecule has 0 amide bonds. The first kappa shape index (κ1) is 8.74. The van der Waals surface area contributed by atoms with Crippen molar-refractivity contribution in [3.63, 3.8) is 0 Å². The molecule has 0 saturated carbocycles. The molecule has 1 atom stereocenters. The van der Waals surface area contributed by atoms with Gasteiger partial charge in [-0.2, -0.15) is 5.10 Å². The fourth-order valence-electron chi connectivity index (χ4n) is 1.41. The largest absolute Gasteiger partial charge is 0.384 e. The van der Waals surface area contributed by atoms with E-state index in [1.807, 2.05) is 25.3 Å². The van der Waals surface area contributed by atoms with Gasteiger partial charge in [0.05, 0.1) is 12.2 Å². The second-order valence-electron chi connectivity index (χ2n) is 3.16. The lowest BCUT2D eigenvalue weighted by Crippen LogP contribution is -2.11. The van der Waals surface area contributed by atoms with Gasteiger partial charge in [-0.1, -0.05) is 6.07 Å². The molecular weight excluding hydrogens is 176 g/mol. The first-order valence-electron chi connectivity index (χ1n) is 4.48. The van der Waals surface area contributed by atoms with Crippen LogP contribution in [0.3, 0.4) is 0 Å². The average Bonchev–Trinajstić information content (AvgIpc) is 2.65. The van der Waals surface area contributed by atoms with Crippen molar-refractivity contribution in [2.24, 2.45) is 0 Å². The number of rotatable bonds is 2. The zero-order chi connectivity index (χ0) is 9.97. The Morgan fingerprint density at radius 1 is 1.36 bits per heavy atom. The first-order chi connectivity index (χ1) is 6.79. The van der Waals surface area contributed by atoms with Gasteiger partial charge in [0.15, 0.2) is 0 Å². The summed E-state index contributed by atoms with van der Waals surface area (Å²) < 4.78 is 1.77. The molecule has 4 heteroatoms. The summed E-state index contributed by atoms with van der Waals surface area (Å²) in [5.74, 6) is 0.668. The summed E-state index contributed by atoms with van der Waals surface area (Å²) in [6.45, 7) is 2.04. The summed E-state index contributed by atoms with van der Waals surface area (Å²) in [6, 6.07) is 5.83. The Bertz CT molecular complexity index is 407. The lowest BCUT2D eigenvalue weighted by Gasteiger charge is -2.13. The van der Waals surface area contributed by atoms with Crippen LogP contribution in [0.1, 0.15) is 18.5 Å². The SMILES string of the molecule is CC(c1cccnc1)n1nccc1N. The first-order valence-corrected chi connectivity index (χ1v) is 4.48. The summed E-state index contributed by atoms with van der Waals surface area (Å²) >= 11 is 0. The van der Waals surface area contributed by atoms with E-state index in [1.165, 1.54) is 0 Å². The van der Waals surface area contributed by atoms with E-state index in [1.54, 1.807) is 23.1 Å². The molecule has 0 aliphatic carbocycles. The van der Waals surface area contributed by atoms with Crippen LogP contribution < -0.4 is 5.73 Å². The highest BCUT2D eigenvalue weighted by Gasteiger charge is 2.09. The number of hydrogen-bond acceptors (Lipinski definition) is 3. The van der Waals surface area contributed by atoms with Gasteiger partial charge >= 0.3 is 0 Å². The van der Waals surface area contributed by atoms with Crippen LogP contribution in [0.5, 0.6) is 0 Å². The van der Waals surface area contributed by atoms with Crippen LogP contribution in [-0.4, -0.2) is 14.8 Å². The molecule has 2 N–H and O–H groups in total. The second-order valence-corrected chi connectivity index (χ2v) is 3.16. The quantitative estimate of drug-likeness (QED) is 0.776. The third-order valence-electron chi connectivity index (χ3n) is 2.23. The summed E-state index contributed by atoms with van der Waals surface area (Å²) in [5, 5.41) is 4.16. The van der Waals surface area contributed by atoms with Crippen molar-refractivity contribution < 1.29 is 0 Å². The highest BCUT2D eigenvalue weighted by atomic mass is 15.3. The van der Waals surface area contributed by atoms with E-state index in [0.717, 1.165) is 5.56 Å². The molecule has 0 fully saturated rings. The van der Waals surface area contributed by atoms with Crippen molar-refractivity contribution in [2.45, 2.75) is 13.0 Å². The third kappa shape index (κ3) is 1.46. The van der Waals surface area contributed by atoms with Crippen molar-refractivity contribution >= 4 is 5.82 Å². The molecule has 0 spiro atoms. The molecular formula is C10H12N4. The number of aromatic nitrogens is 3. The van der Waals surface area contributed by atoms with E-state index in [2.05, 4.69) is 10.1 Å². The highest BCUT2D eigenvalue weighted by molar-refractivity contribution is 5.29. The number of nitrogens with zero attached hydrogens (tertiary/aromatic N) is 3. The molecule has 0 aliphatic rings. The maximum absolute atomic E-state index is 5.76. The van der Waals surface area contributed by atoms with Crippen molar-refractivity contribution in [1.29, 1.82) is 0 Å². The minimum atomic E-state index is 0.124. The number of nitrogens with two attached hydrogens (primary N) is 1. The monoisotopic (exact) mass is 188 g/mol. The molecule has 0 aliphatic heterocycles. The predicted molar refractivity (Wildman–Crippen MR) is 54.7 cm³/mol. The van der Waals surface area contributed by atoms with Crippen LogP contribution in [0.25, 0.3) is 0 Å². The summed E-state index contributed by atoms with van der Waals surface area (Å²) in [5.41, 5.74) is 6.86. The molecule has 72 valence electrons. The fourth-order valence-corrected chi connectivity index (χ4v) is 1.41. The van der Waals surface area contributed by atoms with Crippen LogP contribution in [0.2, 0.25) is 0 Å². The number of pyridine rings is 1. The van der Waals surface area contributed by atoms with Crippen LogP contribution in [-0.2, 0) is 0 Å². The summed E-state index contributed by atoms with van der Waals surface area (Å²) in [4.78, 5) is 4.06. The van der Waals surface area contributed by atoms with Gasteiger partial charge in [0.25, 0.3) is 0 Å². The Morgan fingerprint density at radius 2 is 2.21 bits per heavy atom. The Morgan fingerprint density at radius 3 is 2.79 bits per heavy atom. The van der Waals surface area contributed by atoms with Gasteiger partial charge in [-0.3, -0.25) is 4.98 Å². The third-order valence-corrected chi connectivity index (χ3v) is 2.23. The lowest BCUT2D eigenvalue weighted by atomic mass is 10.1. The molecule has 2 aromatic heterocycles. The van der Waals surface area contributed by atoms with E-state index < -0.39 is 0 Å². The van der Waals surface area contributed by atoms with E-state index in [4.69, 9.17) is 5.73 Å². The fraction of sp³-hybridized carbons (Fsp3) is 0.200. The molecule has 2 heterocycles. The topological polar surface area (TPSA) is 56.7 Å². The minimum absolute atomic E-state index is 0.124. The smallest absolute Gasteiger partial charge is 0.122 e. The Hall–Kier alpha value is -1.84. The van der Waals surface area contributed by atoms with Gasteiger partial charge in [0, 0.05) is 12.4 Å². The zero-order valence-corrected chi connectivity index (χ0v) is 7.96. The van der Waals surface area contributed by atoms with Gasteiger partial charge in [0.2, 0.25) is 0 Å². The maximum atomic E-state index is 5.76. The second kappa shape index (κ2) is 3.49. The molecule has 0 saturated heterocycles. The van der Waals surface area contributed by atoms with Crippen molar-refractivity contribution in [2.75, 3.05) is 5.73 Å². The molecule has 0 aromatic carbocycles. The Balaban J connectivity index is 2.34. The standard InChI is InChI=1S/C10H12N4/c1-8(9-3-2-5-12-7-9)14-10(11)4-6-13-14/h2-8H,11H2,1H3. The molecule has 0 bridgehead atoms. The summed E-state index contributed by atoms with van der Waals surface area (Å²) in [7, 11) is 0. The normalized spacial score (nSPS) is 12.6. The Labute approximate surface area is 82.4 Å². The van der Waals surface area contributed by atoms with Crippen LogP contribution in [0.4, 0.5) is 5.82 Å². The summed E-state index contributed by atoms with van der Waals surface area (Å²) in [6.07, 6.45) is 5.27. The molecule has 4 nitrogen and oxygen atoms in total. The number of nitrogen functional groups attached to an aromatic ring is 1. The molecule has 1 unspecified atom stereocenters. The number of hydrogen-bond donors (Lipinski definition) is 1. The van der Waals surface area contributed by atoms with Crippen molar-refractivity contribution in [3.8, 4) is 0 Å². The van der Waals surface area contributed by atoms with Crippen molar-refractivity contribution in [3.05, 3.63) is 42.4 Å². The van der Waals surface area contributed by atoms with Gasteiger partial charge < -0.3 is 5.73 Å². The molecule has 14 heavy (non-hydrogen) atoms. The van der Waals surface area contributed by atoms with Crippen LogP contribution in [0.15, 0.2) is 36.8 Å². The van der Waals surface area contributed by atoms with Gasteiger partial charge in [-0.05, 0) is 24.6 Å². The molecule has 2 rings (SSSR count). The van der Waals surface area contributed by atoms with Gasteiger partial charge in [-0.15, -0.1) is 0 Å². The minimum Gasteiger partial charge on any atom is -0.384 e. The molecule has 2 aromatic rings. The van der Waals surface area contributed by atoms with E-state index >= 15 is 0 Å². The van der Waals surface area contributed by atoms with Gasteiger partial charge in [0.1, 0.15) is 5.82 Å². The Kier molecular flexibility index (Phi) is 2.18. The van der Waals surface area contributed by atoms with Crippen LogP contribution >= 0.6 is 0 Å². The van der Waals surface area contributed by atoms with E-state index in [0.29, 0.717) is 5.82 Å². The highest BCUT2D eigenvalue weighted by Crippen LogP contribution is 2.18.